The first-order valence-corrected chi connectivity index (χ1v) is 4.18. The summed E-state index contributed by atoms with van der Waals surface area (Å²) in [5.41, 5.74) is -0.447. The number of fused-ring (bicyclic) bond motifs is 1. The molecule has 0 bridgehead atoms. The van der Waals surface area contributed by atoms with Gasteiger partial charge in [0.25, 0.3) is 0 Å². The number of nitrogens with zero attached hydrogens (tertiary/aromatic N) is 2. The van der Waals surface area contributed by atoms with Crippen LogP contribution in [0.4, 0.5) is 4.39 Å². The number of aromatic carboxylic acids is 1. The van der Waals surface area contributed by atoms with Crippen molar-refractivity contribution >= 4 is 5.97 Å². The highest BCUT2D eigenvalue weighted by Crippen LogP contribution is 2.18. The Hall–Kier alpha value is -1.39. The molecule has 1 aromatic rings. The number of carboxylic acid groups (broad SMARTS) is 1. The Bertz CT molecular complexity index is 359. The van der Waals surface area contributed by atoms with Gasteiger partial charge in [-0.2, -0.15) is 4.39 Å². The van der Waals surface area contributed by atoms with E-state index >= 15 is 0 Å². The molecule has 5 heteroatoms. The average Bonchev–Trinajstić information content (AvgIpc) is 2.45. The molecule has 0 spiro atoms. The number of hydrogen-bond donors (Lipinski definition) is 1. The van der Waals surface area contributed by atoms with Gasteiger partial charge < -0.3 is 9.67 Å². The van der Waals surface area contributed by atoms with Crippen molar-refractivity contribution in [2.24, 2.45) is 0 Å². The summed E-state index contributed by atoms with van der Waals surface area (Å²) in [6, 6.07) is 0. The van der Waals surface area contributed by atoms with Gasteiger partial charge in [0, 0.05) is 13.0 Å². The topological polar surface area (TPSA) is 55.1 Å². The van der Waals surface area contributed by atoms with Gasteiger partial charge in [-0.25, -0.2) is 9.78 Å². The first-order chi connectivity index (χ1) is 6.20. The van der Waals surface area contributed by atoms with E-state index in [1.807, 2.05) is 0 Å². The molecule has 1 aliphatic rings. The predicted octanol–water partition coefficient (Wildman–Crippen LogP) is 1.06. The Labute approximate surface area is 74.0 Å². The smallest absolute Gasteiger partial charge is 0.359 e. The van der Waals surface area contributed by atoms with Gasteiger partial charge in [-0.05, 0) is 12.8 Å². The fourth-order valence-electron chi connectivity index (χ4n) is 1.58. The van der Waals surface area contributed by atoms with Gasteiger partial charge in [-0.1, -0.05) is 0 Å². The van der Waals surface area contributed by atoms with E-state index in [0.29, 0.717) is 18.8 Å². The lowest BCUT2D eigenvalue weighted by atomic mass is 10.2. The monoisotopic (exact) mass is 184 g/mol. The molecule has 70 valence electrons. The molecule has 1 aliphatic heterocycles. The number of aromatic nitrogens is 2. The van der Waals surface area contributed by atoms with Gasteiger partial charge in [0.1, 0.15) is 5.82 Å². The van der Waals surface area contributed by atoms with Crippen LogP contribution in [0.2, 0.25) is 0 Å². The van der Waals surface area contributed by atoms with E-state index in [9.17, 15) is 9.18 Å². The Kier molecular flexibility index (Phi) is 1.79. The summed E-state index contributed by atoms with van der Waals surface area (Å²) in [5, 5.41) is 8.60. The van der Waals surface area contributed by atoms with Gasteiger partial charge in [0.15, 0.2) is 0 Å². The van der Waals surface area contributed by atoms with Crippen molar-refractivity contribution in [3.05, 3.63) is 17.5 Å². The van der Waals surface area contributed by atoms with Gasteiger partial charge in [0.05, 0.1) is 0 Å². The Morgan fingerprint density at radius 1 is 1.54 bits per heavy atom. The highest BCUT2D eigenvalue weighted by atomic mass is 19.1. The SMILES string of the molecule is O=C(O)c1nc2n(c1F)CCCC2. The number of halogens is 1. The van der Waals surface area contributed by atoms with Crippen molar-refractivity contribution in [1.29, 1.82) is 0 Å². The van der Waals surface area contributed by atoms with Gasteiger partial charge >= 0.3 is 5.97 Å². The van der Waals surface area contributed by atoms with Gasteiger partial charge in [-0.3, -0.25) is 0 Å². The standard InChI is InChI=1S/C8H9FN2O2/c9-7-6(8(12)13)10-5-3-1-2-4-11(5)7/h1-4H2,(H,12,13). The molecule has 2 heterocycles. The predicted molar refractivity (Wildman–Crippen MR) is 42.1 cm³/mol. The lowest BCUT2D eigenvalue weighted by Crippen LogP contribution is -2.12. The van der Waals surface area contributed by atoms with E-state index < -0.39 is 17.6 Å². The van der Waals surface area contributed by atoms with Crippen LogP contribution in [0.5, 0.6) is 0 Å². The minimum Gasteiger partial charge on any atom is -0.476 e. The van der Waals surface area contributed by atoms with Crippen LogP contribution in [-0.4, -0.2) is 20.6 Å². The van der Waals surface area contributed by atoms with Crippen LogP contribution >= 0.6 is 0 Å². The number of carboxylic acids is 1. The van der Waals surface area contributed by atoms with Crippen molar-refractivity contribution in [3.63, 3.8) is 0 Å². The molecule has 1 N–H and O–H groups in total. The number of rotatable bonds is 1. The lowest BCUT2D eigenvalue weighted by Gasteiger charge is -2.12. The minimum absolute atomic E-state index is 0.447. The highest BCUT2D eigenvalue weighted by molar-refractivity contribution is 5.85. The average molecular weight is 184 g/mol. The summed E-state index contributed by atoms with van der Waals surface area (Å²) in [6.07, 6.45) is 2.51. The molecule has 1 aromatic heterocycles. The second-order valence-electron chi connectivity index (χ2n) is 3.08. The third kappa shape index (κ3) is 1.20. The van der Waals surface area contributed by atoms with E-state index in [-0.39, 0.29) is 0 Å². The van der Waals surface area contributed by atoms with E-state index in [1.54, 1.807) is 0 Å². The van der Waals surface area contributed by atoms with Crippen LogP contribution < -0.4 is 0 Å². The first kappa shape index (κ1) is 8.22. The van der Waals surface area contributed by atoms with E-state index in [2.05, 4.69) is 4.98 Å². The Morgan fingerprint density at radius 2 is 2.31 bits per heavy atom. The third-order valence-corrected chi connectivity index (χ3v) is 2.22. The van der Waals surface area contributed by atoms with Crippen molar-refractivity contribution in [2.75, 3.05) is 0 Å². The summed E-state index contributed by atoms with van der Waals surface area (Å²) >= 11 is 0. The van der Waals surface area contributed by atoms with E-state index in [1.165, 1.54) is 4.57 Å². The zero-order chi connectivity index (χ0) is 9.42. The molecule has 0 fully saturated rings. The van der Waals surface area contributed by atoms with Crippen molar-refractivity contribution in [2.45, 2.75) is 25.8 Å². The molecular weight excluding hydrogens is 175 g/mol. The fourth-order valence-corrected chi connectivity index (χ4v) is 1.58. The Morgan fingerprint density at radius 3 is 2.92 bits per heavy atom. The molecule has 0 unspecified atom stereocenters. The van der Waals surface area contributed by atoms with Gasteiger partial charge in [0.2, 0.25) is 11.6 Å². The summed E-state index contributed by atoms with van der Waals surface area (Å²) < 4.78 is 14.6. The largest absolute Gasteiger partial charge is 0.476 e. The molecule has 0 saturated carbocycles. The molecule has 0 aliphatic carbocycles. The summed E-state index contributed by atoms with van der Waals surface area (Å²) in [7, 11) is 0. The van der Waals surface area contributed by atoms with Crippen molar-refractivity contribution < 1.29 is 14.3 Å². The Balaban J connectivity index is 2.50. The lowest BCUT2D eigenvalue weighted by molar-refractivity contribution is 0.0685. The molecule has 0 radical (unpaired) electrons. The van der Waals surface area contributed by atoms with Crippen LogP contribution in [0.3, 0.4) is 0 Å². The zero-order valence-electron chi connectivity index (χ0n) is 6.96. The third-order valence-electron chi connectivity index (χ3n) is 2.22. The number of carbonyl (C=O) groups is 1. The zero-order valence-corrected chi connectivity index (χ0v) is 6.96. The maximum Gasteiger partial charge on any atom is 0.359 e. The quantitative estimate of drug-likeness (QED) is 0.709. The maximum atomic E-state index is 13.3. The molecule has 2 rings (SSSR count). The number of hydrogen-bond acceptors (Lipinski definition) is 2. The second-order valence-corrected chi connectivity index (χ2v) is 3.08. The number of imidazole rings is 1. The van der Waals surface area contributed by atoms with E-state index in [0.717, 1.165) is 12.8 Å². The normalized spacial score (nSPS) is 15.5. The van der Waals surface area contributed by atoms with E-state index in [4.69, 9.17) is 5.11 Å². The fraction of sp³-hybridized carbons (Fsp3) is 0.500. The second kappa shape index (κ2) is 2.83. The molecule has 0 saturated heterocycles. The summed E-state index contributed by atoms with van der Waals surface area (Å²) in [6.45, 7) is 0.543. The van der Waals surface area contributed by atoms with Crippen molar-refractivity contribution in [3.8, 4) is 0 Å². The molecule has 0 atom stereocenters. The molecule has 4 nitrogen and oxygen atoms in total. The molecule has 0 amide bonds. The van der Waals surface area contributed by atoms with Crippen LogP contribution in [0.25, 0.3) is 0 Å². The summed E-state index contributed by atoms with van der Waals surface area (Å²) in [4.78, 5) is 14.3. The molecule has 0 aromatic carbocycles. The highest BCUT2D eigenvalue weighted by Gasteiger charge is 2.23. The maximum absolute atomic E-state index is 13.3. The van der Waals surface area contributed by atoms with Crippen LogP contribution in [-0.2, 0) is 13.0 Å². The van der Waals surface area contributed by atoms with Crippen LogP contribution in [0.15, 0.2) is 0 Å². The molecular formula is C8H9FN2O2. The van der Waals surface area contributed by atoms with Crippen LogP contribution in [0.1, 0.15) is 29.2 Å². The minimum atomic E-state index is -1.29. The molecule has 13 heavy (non-hydrogen) atoms. The number of aryl methyl sites for hydroxylation is 1. The first-order valence-electron chi connectivity index (χ1n) is 4.18. The van der Waals surface area contributed by atoms with Crippen molar-refractivity contribution in [1.82, 2.24) is 9.55 Å². The van der Waals surface area contributed by atoms with Crippen LogP contribution in [0, 0.1) is 5.95 Å². The summed E-state index contributed by atoms with van der Waals surface area (Å²) in [5.74, 6) is -1.44. The van der Waals surface area contributed by atoms with Gasteiger partial charge in [-0.15, -0.1) is 0 Å².